The number of carbonyl (C=O) groups is 1. The van der Waals surface area contributed by atoms with Gasteiger partial charge in [0.15, 0.2) is 5.82 Å². The maximum atomic E-state index is 11.2. The van der Waals surface area contributed by atoms with Gasteiger partial charge in [-0.05, 0) is 33.2 Å². The maximum Gasteiger partial charge on any atom is 0.339 e. The molecule has 2 aliphatic heterocycles. The van der Waals surface area contributed by atoms with E-state index in [4.69, 9.17) is 9.84 Å². The number of aromatic nitrogens is 2. The highest BCUT2D eigenvalue weighted by Gasteiger charge is 2.34. The minimum atomic E-state index is -0.976. The normalized spacial score (nSPS) is 26.5. The van der Waals surface area contributed by atoms with Crippen LogP contribution < -0.4 is 0 Å². The molecule has 1 aromatic rings. The number of hydrogen-bond donors (Lipinski definition) is 1. The summed E-state index contributed by atoms with van der Waals surface area (Å²) in [5, 5.41) is 9.15. The van der Waals surface area contributed by atoms with Gasteiger partial charge in [-0.15, -0.1) is 0 Å². The van der Waals surface area contributed by atoms with Crippen LogP contribution >= 0.6 is 0 Å². The fourth-order valence-corrected chi connectivity index (χ4v) is 3.17. The van der Waals surface area contributed by atoms with Crippen LogP contribution in [-0.2, 0) is 4.74 Å². The molecule has 2 aliphatic rings. The zero-order chi connectivity index (χ0) is 14.3. The first kappa shape index (κ1) is 13.5. The van der Waals surface area contributed by atoms with Crippen molar-refractivity contribution < 1.29 is 14.6 Å². The smallest absolute Gasteiger partial charge is 0.339 e. The average molecular weight is 277 g/mol. The molecule has 1 aromatic heterocycles. The summed E-state index contributed by atoms with van der Waals surface area (Å²) in [5.41, 5.74) is 1.21. The zero-order valence-electron chi connectivity index (χ0n) is 11.8. The van der Waals surface area contributed by atoms with Crippen LogP contribution in [0.3, 0.4) is 0 Å². The van der Waals surface area contributed by atoms with Crippen LogP contribution in [0.5, 0.6) is 0 Å². The van der Waals surface area contributed by atoms with E-state index >= 15 is 0 Å². The van der Waals surface area contributed by atoms with Crippen LogP contribution in [0.1, 0.15) is 46.5 Å². The van der Waals surface area contributed by atoms with Crippen molar-refractivity contribution in [2.45, 2.75) is 38.8 Å². The van der Waals surface area contributed by atoms with Crippen molar-refractivity contribution in [1.82, 2.24) is 14.9 Å². The second-order valence-electron chi connectivity index (χ2n) is 5.55. The number of fused-ring (bicyclic) bond motifs is 1. The Morgan fingerprint density at radius 3 is 2.70 bits per heavy atom. The molecular formula is C14H19N3O3. The van der Waals surface area contributed by atoms with Gasteiger partial charge < -0.3 is 9.84 Å². The summed E-state index contributed by atoms with van der Waals surface area (Å²) in [6, 6.07) is 0.534. The predicted molar refractivity (Wildman–Crippen MR) is 71.8 cm³/mol. The molecule has 6 nitrogen and oxygen atoms in total. The standard InChI is InChI=1S/C14H19N3O3/c1-8-12(14(18)19)9(2)16-13(15-8)11-6-17-5-3-4-10(17)7-20-11/h10-11H,3-7H2,1-2H3,(H,18,19). The lowest BCUT2D eigenvalue weighted by Crippen LogP contribution is -2.43. The Balaban J connectivity index is 1.86. The first-order valence-corrected chi connectivity index (χ1v) is 7.00. The highest BCUT2D eigenvalue weighted by atomic mass is 16.5. The molecule has 0 spiro atoms. The van der Waals surface area contributed by atoms with Gasteiger partial charge in [0.25, 0.3) is 0 Å². The number of nitrogens with zero attached hydrogens (tertiary/aromatic N) is 3. The first-order chi connectivity index (χ1) is 9.56. The zero-order valence-corrected chi connectivity index (χ0v) is 11.8. The van der Waals surface area contributed by atoms with Gasteiger partial charge >= 0.3 is 5.97 Å². The topological polar surface area (TPSA) is 75.5 Å². The molecule has 3 heterocycles. The molecule has 2 atom stereocenters. The molecular weight excluding hydrogens is 258 g/mol. The predicted octanol–water partition coefficient (Wildman–Crippen LogP) is 1.33. The van der Waals surface area contributed by atoms with E-state index in [1.807, 2.05) is 0 Å². The Hall–Kier alpha value is -1.53. The van der Waals surface area contributed by atoms with Gasteiger partial charge in [-0.2, -0.15) is 0 Å². The van der Waals surface area contributed by atoms with E-state index < -0.39 is 5.97 Å². The van der Waals surface area contributed by atoms with E-state index in [0.29, 0.717) is 29.9 Å². The number of morpholine rings is 1. The molecule has 1 N–H and O–H groups in total. The first-order valence-electron chi connectivity index (χ1n) is 7.00. The van der Waals surface area contributed by atoms with Crippen LogP contribution in [0.15, 0.2) is 0 Å². The van der Waals surface area contributed by atoms with Crippen molar-refractivity contribution in [2.24, 2.45) is 0 Å². The molecule has 2 unspecified atom stereocenters. The average Bonchev–Trinajstić information content (AvgIpc) is 2.84. The number of hydrogen-bond acceptors (Lipinski definition) is 5. The Morgan fingerprint density at radius 2 is 2.05 bits per heavy atom. The number of rotatable bonds is 2. The van der Waals surface area contributed by atoms with E-state index in [0.717, 1.165) is 13.1 Å². The number of ether oxygens (including phenoxy) is 1. The van der Waals surface area contributed by atoms with Crippen LogP contribution in [-0.4, -0.2) is 51.7 Å². The maximum absolute atomic E-state index is 11.2. The van der Waals surface area contributed by atoms with Gasteiger partial charge in [0.2, 0.25) is 0 Å². The summed E-state index contributed by atoms with van der Waals surface area (Å²) in [5.74, 6) is -0.369. The summed E-state index contributed by atoms with van der Waals surface area (Å²) in [4.78, 5) is 22.3. The monoisotopic (exact) mass is 277 g/mol. The van der Waals surface area contributed by atoms with E-state index in [2.05, 4.69) is 14.9 Å². The molecule has 0 saturated carbocycles. The Labute approximate surface area is 117 Å². The van der Waals surface area contributed by atoms with Crippen molar-refractivity contribution in [1.29, 1.82) is 0 Å². The minimum absolute atomic E-state index is 0.149. The fraction of sp³-hybridized carbons (Fsp3) is 0.643. The van der Waals surface area contributed by atoms with Gasteiger partial charge in [0.05, 0.1) is 18.0 Å². The van der Waals surface area contributed by atoms with Crippen LogP contribution in [0.4, 0.5) is 0 Å². The van der Waals surface area contributed by atoms with E-state index in [1.54, 1.807) is 13.8 Å². The van der Waals surface area contributed by atoms with Crippen LogP contribution in [0.25, 0.3) is 0 Å². The molecule has 0 radical (unpaired) electrons. The second kappa shape index (κ2) is 5.10. The van der Waals surface area contributed by atoms with Crippen LogP contribution in [0, 0.1) is 13.8 Å². The number of aromatic carboxylic acids is 1. The van der Waals surface area contributed by atoms with Gasteiger partial charge in [0, 0.05) is 12.6 Å². The molecule has 3 rings (SSSR count). The van der Waals surface area contributed by atoms with Crippen molar-refractivity contribution in [3.05, 3.63) is 22.8 Å². The minimum Gasteiger partial charge on any atom is -0.478 e. The highest BCUT2D eigenvalue weighted by Crippen LogP contribution is 2.29. The third-order valence-electron chi connectivity index (χ3n) is 4.18. The summed E-state index contributed by atoms with van der Waals surface area (Å²) >= 11 is 0. The molecule has 2 fully saturated rings. The molecule has 0 aromatic carbocycles. The molecule has 6 heteroatoms. The molecule has 0 amide bonds. The van der Waals surface area contributed by atoms with Gasteiger partial charge in [-0.3, -0.25) is 4.90 Å². The van der Waals surface area contributed by atoms with Gasteiger partial charge in [-0.25, -0.2) is 14.8 Å². The van der Waals surface area contributed by atoms with E-state index in [1.165, 1.54) is 12.8 Å². The molecule has 0 bridgehead atoms. The fourth-order valence-electron chi connectivity index (χ4n) is 3.17. The third-order valence-corrected chi connectivity index (χ3v) is 4.18. The molecule has 0 aliphatic carbocycles. The van der Waals surface area contributed by atoms with Crippen molar-refractivity contribution in [2.75, 3.05) is 19.7 Å². The Morgan fingerprint density at radius 1 is 1.35 bits per heavy atom. The summed E-state index contributed by atoms with van der Waals surface area (Å²) in [7, 11) is 0. The van der Waals surface area contributed by atoms with E-state index in [-0.39, 0.29) is 11.7 Å². The Kier molecular flexibility index (Phi) is 3.43. The SMILES string of the molecule is Cc1nc(C2CN3CCCC3CO2)nc(C)c1C(=O)O. The second-order valence-corrected chi connectivity index (χ2v) is 5.55. The third kappa shape index (κ3) is 2.29. The van der Waals surface area contributed by atoms with Crippen molar-refractivity contribution in [3.63, 3.8) is 0 Å². The lowest BCUT2D eigenvalue weighted by molar-refractivity contribution is -0.0542. The number of carboxylic acids is 1. The lowest BCUT2D eigenvalue weighted by atomic mass is 10.1. The molecule has 108 valence electrons. The van der Waals surface area contributed by atoms with Gasteiger partial charge in [-0.1, -0.05) is 0 Å². The lowest BCUT2D eigenvalue weighted by Gasteiger charge is -2.34. The van der Waals surface area contributed by atoms with Crippen LogP contribution in [0.2, 0.25) is 0 Å². The van der Waals surface area contributed by atoms with Gasteiger partial charge in [0.1, 0.15) is 11.7 Å². The molecule has 20 heavy (non-hydrogen) atoms. The number of aryl methyl sites for hydroxylation is 2. The van der Waals surface area contributed by atoms with Crippen molar-refractivity contribution >= 4 is 5.97 Å². The largest absolute Gasteiger partial charge is 0.478 e. The summed E-state index contributed by atoms with van der Waals surface area (Å²) in [6.45, 7) is 6.05. The van der Waals surface area contributed by atoms with E-state index in [9.17, 15) is 4.79 Å². The molecule has 2 saturated heterocycles. The Bertz CT molecular complexity index is 523. The quantitative estimate of drug-likeness (QED) is 0.879. The highest BCUT2D eigenvalue weighted by molar-refractivity contribution is 5.89. The summed E-state index contributed by atoms with van der Waals surface area (Å²) in [6.07, 6.45) is 2.27. The summed E-state index contributed by atoms with van der Waals surface area (Å²) < 4.78 is 5.87. The van der Waals surface area contributed by atoms with Crippen molar-refractivity contribution in [3.8, 4) is 0 Å². The number of carboxylic acid groups (broad SMARTS) is 1.